The number of carbonyl (C=O) groups excluding carboxylic acids is 1. The number of thiazole rings is 1. The number of rotatable bonds is 6. The van der Waals surface area contributed by atoms with Crippen molar-refractivity contribution in [1.82, 2.24) is 9.88 Å². The van der Waals surface area contributed by atoms with Gasteiger partial charge in [0.1, 0.15) is 17.3 Å². The molecule has 2 aromatic carbocycles. The third-order valence-corrected chi connectivity index (χ3v) is 6.44. The van der Waals surface area contributed by atoms with Gasteiger partial charge in [0, 0.05) is 24.0 Å². The standard InChI is InChI=1S/C22H20Cl2N2O4S/c1-28-20-11-15(3-5-19(20)30-12-14-2-4-16(23)17(24)10-14)21-25-18(13-31-21)22(27)26-6-8-29-9-7-26/h2-5,10-11,13H,6-9,12H2,1H3. The Morgan fingerprint density at radius 3 is 2.68 bits per heavy atom. The highest BCUT2D eigenvalue weighted by Gasteiger charge is 2.21. The predicted molar refractivity (Wildman–Crippen MR) is 122 cm³/mol. The van der Waals surface area contributed by atoms with E-state index in [0.717, 1.165) is 16.1 Å². The molecule has 0 spiro atoms. The molecule has 162 valence electrons. The summed E-state index contributed by atoms with van der Waals surface area (Å²) in [6.45, 7) is 2.62. The highest BCUT2D eigenvalue weighted by molar-refractivity contribution is 7.13. The third kappa shape index (κ3) is 5.13. The van der Waals surface area contributed by atoms with Crippen molar-refractivity contribution in [3.8, 4) is 22.1 Å². The van der Waals surface area contributed by atoms with E-state index < -0.39 is 0 Å². The Morgan fingerprint density at radius 2 is 1.94 bits per heavy atom. The maximum Gasteiger partial charge on any atom is 0.273 e. The molecule has 0 N–H and O–H groups in total. The first-order valence-corrected chi connectivity index (χ1v) is 11.3. The molecule has 0 unspecified atom stereocenters. The molecular formula is C22H20Cl2N2O4S. The molecule has 1 fully saturated rings. The molecule has 4 rings (SSSR count). The van der Waals surface area contributed by atoms with Crippen LogP contribution in [0.5, 0.6) is 11.5 Å². The SMILES string of the molecule is COc1cc(-c2nc(C(=O)N3CCOCC3)cs2)ccc1OCc1ccc(Cl)c(Cl)c1. The summed E-state index contributed by atoms with van der Waals surface area (Å²) in [5.74, 6) is 1.10. The van der Waals surface area contributed by atoms with E-state index in [1.165, 1.54) is 11.3 Å². The molecule has 31 heavy (non-hydrogen) atoms. The molecule has 3 aromatic rings. The molecule has 0 atom stereocenters. The first-order chi connectivity index (χ1) is 15.0. The summed E-state index contributed by atoms with van der Waals surface area (Å²) >= 11 is 13.4. The van der Waals surface area contributed by atoms with Crippen molar-refractivity contribution >= 4 is 40.4 Å². The lowest BCUT2D eigenvalue weighted by atomic mass is 10.2. The number of nitrogens with zero attached hydrogens (tertiary/aromatic N) is 2. The summed E-state index contributed by atoms with van der Waals surface area (Å²) in [7, 11) is 1.58. The van der Waals surface area contributed by atoms with Gasteiger partial charge in [-0.15, -0.1) is 11.3 Å². The summed E-state index contributed by atoms with van der Waals surface area (Å²) in [6, 6.07) is 10.9. The normalized spacial score (nSPS) is 13.8. The molecular weight excluding hydrogens is 459 g/mol. The van der Waals surface area contributed by atoms with Crippen LogP contribution in [-0.2, 0) is 11.3 Å². The number of morpholine rings is 1. The zero-order valence-electron chi connectivity index (χ0n) is 16.8. The smallest absolute Gasteiger partial charge is 0.273 e. The monoisotopic (exact) mass is 478 g/mol. The summed E-state index contributed by atoms with van der Waals surface area (Å²) in [6.07, 6.45) is 0. The first-order valence-electron chi connectivity index (χ1n) is 9.63. The molecule has 0 radical (unpaired) electrons. The van der Waals surface area contributed by atoms with Gasteiger partial charge in [0.15, 0.2) is 11.5 Å². The molecule has 1 aliphatic rings. The van der Waals surface area contributed by atoms with Crippen molar-refractivity contribution in [2.75, 3.05) is 33.4 Å². The van der Waals surface area contributed by atoms with Gasteiger partial charge in [0.25, 0.3) is 5.91 Å². The van der Waals surface area contributed by atoms with Crippen LogP contribution in [0.25, 0.3) is 10.6 Å². The fourth-order valence-electron chi connectivity index (χ4n) is 3.14. The fourth-order valence-corrected chi connectivity index (χ4v) is 4.25. The van der Waals surface area contributed by atoms with E-state index in [9.17, 15) is 4.79 Å². The summed E-state index contributed by atoms with van der Waals surface area (Å²) in [4.78, 5) is 18.9. The quantitative estimate of drug-likeness (QED) is 0.488. The van der Waals surface area contributed by atoms with Crippen LogP contribution in [0, 0.1) is 0 Å². The highest BCUT2D eigenvalue weighted by atomic mass is 35.5. The van der Waals surface area contributed by atoms with Gasteiger partial charge in [-0.1, -0.05) is 29.3 Å². The van der Waals surface area contributed by atoms with Crippen LogP contribution in [0.15, 0.2) is 41.8 Å². The van der Waals surface area contributed by atoms with Crippen molar-refractivity contribution in [2.24, 2.45) is 0 Å². The minimum absolute atomic E-state index is 0.0701. The zero-order chi connectivity index (χ0) is 21.8. The minimum Gasteiger partial charge on any atom is -0.493 e. The number of hydrogen-bond acceptors (Lipinski definition) is 6. The summed E-state index contributed by atoms with van der Waals surface area (Å²) < 4.78 is 16.7. The van der Waals surface area contributed by atoms with Crippen molar-refractivity contribution in [3.05, 3.63) is 63.1 Å². The Bertz CT molecular complexity index is 1080. The van der Waals surface area contributed by atoms with Crippen molar-refractivity contribution in [2.45, 2.75) is 6.61 Å². The Hall–Kier alpha value is -2.32. The van der Waals surface area contributed by atoms with Gasteiger partial charge in [-0.2, -0.15) is 0 Å². The minimum atomic E-state index is -0.0701. The fraction of sp³-hybridized carbons (Fsp3) is 0.273. The Labute approximate surface area is 194 Å². The highest BCUT2D eigenvalue weighted by Crippen LogP contribution is 2.34. The number of ether oxygens (including phenoxy) is 3. The van der Waals surface area contributed by atoms with Crippen LogP contribution in [0.1, 0.15) is 16.1 Å². The molecule has 6 nitrogen and oxygen atoms in total. The van der Waals surface area contributed by atoms with Gasteiger partial charge < -0.3 is 19.1 Å². The van der Waals surface area contributed by atoms with E-state index in [1.54, 1.807) is 29.5 Å². The van der Waals surface area contributed by atoms with Crippen molar-refractivity contribution < 1.29 is 19.0 Å². The molecule has 1 amide bonds. The first kappa shape index (κ1) is 21.9. The van der Waals surface area contributed by atoms with Crippen LogP contribution in [0.3, 0.4) is 0 Å². The number of aromatic nitrogens is 1. The number of methoxy groups -OCH3 is 1. The number of hydrogen-bond donors (Lipinski definition) is 0. The maximum absolute atomic E-state index is 12.6. The molecule has 0 saturated carbocycles. The van der Waals surface area contributed by atoms with E-state index in [-0.39, 0.29) is 5.91 Å². The van der Waals surface area contributed by atoms with Gasteiger partial charge in [-0.05, 0) is 35.9 Å². The van der Waals surface area contributed by atoms with E-state index in [0.29, 0.717) is 60.1 Å². The van der Waals surface area contributed by atoms with Crippen molar-refractivity contribution in [3.63, 3.8) is 0 Å². The van der Waals surface area contributed by atoms with E-state index in [1.807, 2.05) is 24.3 Å². The number of benzene rings is 2. The van der Waals surface area contributed by atoms with Gasteiger partial charge in [-0.25, -0.2) is 4.98 Å². The Balaban J connectivity index is 1.48. The molecule has 2 heterocycles. The number of amides is 1. The second kappa shape index (κ2) is 9.87. The predicted octanol–water partition coefficient (Wildman–Crippen LogP) is 5.18. The van der Waals surface area contributed by atoms with E-state index >= 15 is 0 Å². The zero-order valence-corrected chi connectivity index (χ0v) is 19.1. The second-order valence-corrected chi connectivity index (χ2v) is 8.52. The average molecular weight is 479 g/mol. The van der Waals surface area contributed by atoms with Gasteiger partial charge in [0.2, 0.25) is 0 Å². The molecule has 0 aliphatic carbocycles. The van der Waals surface area contributed by atoms with Crippen LogP contribution in [0.2, 0.25) is 10.0 Å². The van der Waals surface area contributed by atoms with Gasteiger partial charge in [-0.3, -0.25) is 4.79 Å². The number of carbonyl (C=O) groups is 1. The lowest BCUT2D eigenvalue weighted by Crippen LogP contribution is -2.40. The van der Waals surface area contributed by atoms with Crippen molar-refractivity contribution in [1.29, 1.82) is 0 Å². The number of halogens is 2. The van der Waals surface area contributed by atoms with Crippen LogP contribution < -0.4 is 9.47 Å². The third-order valence-electron chi connectivity index (χ3n) is 4.81. The molecule has 1 aromatic heterocycles. The average Bonchev–Trinajstić information content (AvgIpc) is 3.30. The molecule has 1 saturated heterocycles. The van der Waals surface area contributed by atoms with E-state index in [4.69, 9.17) is 37.4 Å². The largest absolute Gasteiger partial charge is 0.493 e. The summed E-state index contributed by atoms with van der Waals surface area (Å²) in [5.41, 5.74) is 2.19. The van der Waals surface area contributed by atoms with Crippen LogP contribution in [0.4, 0.5) is 0 Å². The Kier molecular flexibility index (Phi) is 6.97. The second-order valence-electron chi connectivity index (χ2n) is 6.85. The van der Waals surface area contributed by atoms with Crippen LogP contribution in [-0.4, -0.2) is 49.2 Å². The Morgan fingerprint density at radius 1 is 1.13 bits per heavy atom. The van der Waals surface area contributed by atoms with Crippen LogP contribution >= 0.6 is 34.5 Å². The van der Waals surface area contributed by atoms with E-state index in [2.05, 4.69) is 4.98 Å². The lowest BCUT2D eigenvalue weighted by Gasteiger charge is -2.25. The van der Waals surface area contributed by atoms with Gasteiger partial charge in [0.05, 0.1) is 30.4 Å². The molecule has 1 aliphatic heterocycles. The molecule has 0 bridgehead atoms. The lowest BCUT2D eigenvalue weighted by molar-refractivity contribution is 0.0299. The topological polar surface area (TPSA) is 60.9 Å². The summed E-state index contributed by atoms with van der Waals surface area (Å²) in [5, 5.41) is 3.51. The van der Waals surface area contributed by atoms with Gasteiger partial charge >= 0.3 is 0 Å². The molecule has 9 heteroatoms. The maximum atomic E-state index is 12.6.